The second kappa shape index (κ2) is 11.7. The number of amides is 1. The summed E-state index contributed by atoms with van der Waals surface area (Å²) in [4.78, 5) is 38.3. The maximum absolute atomic E-state index is 13.5. The number of carbonyl (C=O) groups excluding carboxylic acids is 3. The summed E-state index contributed by atoms with van der Waals surface area (Å²) in [7, 11) is 0.108. The maximum Gasteiger partial charge on any atom is 0.316 e. The molecule has 11 nitrogen and oxygen atoms in total. The van der Waals surface area contributed by atoms with Crippen molar-refractivity contribution in [3.05, 3.63) is 81.9 Å². The van der Waals surface area contributed by atoms with Gasteiger partial charge in [0.25, 0.3) is 5.91 Å². The number of ether oxygens (including phenoxy) is 2. The highest BCUT2D eigenvalue weighted by Crippen LogP contribution is 2.32. The van der Waals surface area contributed by atoms with Crippen molar-refractivity contribution in [3.63, 3.8) is 0 Å². The van der Waals surface area contributed by atoms with Crippen LogP contribution in [0.3, 0.4) is 0 Å². The van der Waals surface area contributed by atoms with Crippen LogP contribution in [-0.2, 0) is 20.1 Å². The molecule has 3 aromatic carbocycles. The smallest absolute Gasteiger partial charge is 0.316 e. The van der Waals surface area contributed by atoms with E-state index in [1.54, 1.807) is 24.3 Å². The van der Waals surface area contributed by atoms with Gasteiger partial charge in [0.2, 0.25) is 5.78 Å². The molecule has 0 bridgehead atoms. The molecule has 13 heteroatoms. The summed E-state index contributed by atoms with van der Waals surface area (Å²) < 4.78 is 35.8. The van der Waals surface area contributed by atoms with Crippen LogP contribution < -0.4 is 20.2 Å². The van der Waals surface area contributed by atoms with Crippen molar-refractivity contribution in [1.82, 2.24) is 0 Å². The van der Waals surface area contributed by atoms with Crippen molar-refractivity contribution in [1.29, 1.82) is 0 Å². The van der Waals surface area contributed by atoms with Gasteiger partial charge in [-0.25, -0.2) is 0 Å². The van der Waals surface area contributed by atoms with Crippen molar-refractivity contribution < 1.29 is 32.3 Å². The zero-order chi connectivity index (χ0) is 28.1. The number of nitrogens with zero attached hydrogens (tertiary/aromatic N) is 2. The Hall–Kier alpha value is -4.81. The monoisotopic (exact) mass is 566 g/mol. The van der Waals surface area contributed by atoms with Gasteiger partial charge in [-0.3, -0.25) is 19.8 Å². The summed E-state index contributed by atoms with van der Waals surface area (Å²) in [6.45, 7) is 0. The predicted molar refractivity (Wildman–Crippen MR) is 146 cm³/mol. The molecule has 1 amide bonds. The summed E-state index contributed by atoms with van der Waals surface area (Å²) in [6.07, 6.45) is 1.94. The van der Waals surface area contributed by atoms with E-state index in [1.807, 2.05) is 0 Å². The molecule has 1 aliphatic carbocycles. The van der Waals surface area contributed by atoms with E-state index in [2.05, 4.69) is 20.2 Å². The van der Waals surface area contributed by atoms with Crippen LogP contribution in [0.4, 0.5) is 17.1 Å². The number of nitrogens with one attached hydrogen (secondary N) is 2. The number of hydrogen-bond donors (Lipinski definition) is 2. The van der Waals surface area contributed by atoms with Gasteiger partial charge in [0, 0.05) is 11.1 Å². The second-order valence-corrected chi connectivity index (χ2v) is 8.91. The highest BCUT2D eigenvalue weighted by Gasteiger charge is 2.30. The number of Topliss-reactive ketones (excluding diaryl/α,β-unsaturated/α-hetero) is 1. The van der Waals surface area contributed by atoms with Gasteiger partial charge in [-0.15, -0.1) is 4.36 Å². The Morgan fingerprint density at radius 3 is 2.44 bits per heavy atom. The zero-order valence-electron chi connectivity index (χ0n) is 20.4. The van der Waals surface area contributed by atoms with E-state index in [0.717, 1.165) is 0 Å². The summed E-state index contributed by atoms with van der Waals surface area (Å²) in [5, 5.41) is 6.95. The molecule has 0 saturated carbocycles. The molecule has 0 atom stereocenters. The van der Waals surface area contributed by atoms with Crippen molar-refractivity contribution in [3.8, 4) is 11.5 Å². The minimum absolute atomic E-state index is 0.0848. The number of hydrogen-bond acceptors (Lipinski definition) is 10. The Labute approximate surface area is 228 Å². The van der Waals surface area contributed by atoms with Crippen LogP contribution in [0.5, 0.6) is 11.5 Å². The average Bonchev–Trinajstić information content (AvgIpc) is 2.92. The Morgan fingerprint density at radius 1 is 1.00 bits per heavy atom. The minimum atomic E-state index is -2.68. The third-order valence-corrected chi connectivity index (χ3v) is 6.23. The molecule has 39 heavy (non-hydrogen) atoms. The fourth-order valence-corrected chi connectivity index (χ4v) is 4.28. The van der Waals surface area contributed by atoms with E-state index in [-0.39, 0.29) is 44.7 Å². The van der Waals surface area contributed by atoms with Crippen molar-refractivity contribution in [2.24, 2.45) is 9.46 Å². The molecular weight excluding hydrogens is 548 g/mol. The highest BCUT2D eigenvalue weighted by atomic mass is 35.5. The first kappa shape index (κ1) is 27.2. The number of hydrazone groups is 1. The van der Waals surface area contributed by atoms with Gasteiger partial charge in [-0.1, -0.05) is 35.9 Å². The van der Waals surface area contributed by atoms with E-state index in [9.17, 15) is 22.8 Å². The number of benzene rings is 3. The predicted octanol–water partition coefficient (Wildman–Crippen LogP) is 4.28. The lowest BCUT2D eigenvalue weighted by atomic mass is 9.89. The van der Waals surface area contributed by atoms with E-state index in [0.29, 0.717) is 23.2 Å². The number of fused-ring (bicyclic) bond motifs is 1. The molecule has 0 aliphatic heterocycles. The molecule has 0 heterocycles. The van der Waals surface area contributed by atoms with Crippen LogP contribution in [-0.4, -0.2) is 46.3 Å². The molecule has 0 aromatic heterocycles. The number of aldehydes is 1. The van der Waals surface area contributed by atoms with Gasteiger partial charge >= 0.3 is 10.5 Å². The average molecular weight is 567 g/mol. The second-order valence-electron chi connectivity index (χ2n) is 7.89. The summed E-state index contributed by atoms with van der Waals surface area (Å²) in [5.41, 5.74) is 3.90. The molecular formula is C26H19ClN4O7S. The highest BCUT2D eigenvalue weighted by molar-refractivity contribution is 7.61. The first-order valence-electron chi connectivity index (χ1n) is 11.1. The number of rotatable bonds is 8. The van der Waals surface area contributed by atoms with Crippen LogP contribution >= 0.6 is 11.6 Å². The van der Waals surface area contributed by atoms with Crippen LogP contribution in [0, 0.1) is 0 Å². The quantitative estimate of drug-likeness (QED) is 0.233. The SMILES string of the molecule is COc1cc(C=O)c(NC(=O)C2=Cc3ccccc3/C(=N/Nc3cc(N=S(=O)=O)ccc3OC)C2=O)cc1Cl. The van der Waals surface area contributed by atoms with E-state index >= 15 is 0 Å². The lowest BCUT2D eigenvalue weighted by Crippen LogP contribution is -2.30. The van der Waals surface area contributed by atoms with Crippen LogP contribution in [0.2, 0.25) is 5.02 Å². The van der Waals surface area contributed by atoms with Gasteiger partial charge in [0.05, 0.1) is 36.2 Å². The lowest BCUT2D eigenvalue weighted by molar-refractivity contribution is -0.116. The first-order valence-corrected chi connectivity index (χ1v) is 12.5. The van der Waals surface area contributed by atoms with Crippen molar-refractivity contribution >= 4 is 68.9 Å². The van der Waals surface area contributed by atoms with Gasteiger partial charge in [0.1, 0.15) is 22.9 Å². The molecule has 2 N–H and O–H groups in total. The Morgan fingerprint density at radius 2 is 1.74 bits per heavy atom. The summed E-state index contributed by atoms with van der Waals surface area (Å²) >= 11 is 6.16. The number of carbonyl (C=O) groups is 3. The van der Waals surface area contributed by atoms with Gasteiger partial charge < -0.3 is 14.8 Å². The molecule has 0 spiro atoms. The third-order valence-electron chi connectivity index (χ3n) is 5.57. The topological polar surface area (TPSA) is 153 Å². The van der Waals surface area contributed by atoms with Crippen LogP contribution in [0.25, 0.3) is 6.08 Å². The van der Waals surface area contributed by atoms with E-state index in [1.165, 1.54) is 50.6 Å². The van der Waals surface area contributed by atoms with Crippen LogP contribution in [0.15, 0.2) is 69.6 Å². The minimum Gasteiger partial charge on any atom is -0.495 e. The molecule has 1 aliphatic rings. The van der Waals surface area contributed by atoms with Gasteiger partial charge in [-0.2, -0.15) is 13.5 Å². The van der Waals surface area contributed by atoms with Crippen molar-refractivity contribution in [2.75, 3.05) is 25.0 Å². The molecule has 0 radical (unpaired) electrons. The summed E-state index contributed by atoms with van der Waals surface area (Å²) in [6, 6.07) is 13.8. The molecule has 0 saturated heterocycles. The fourth-order valence-electron chi connectivity index (χ4n) is 3.75. The molecule has 198 valence electrons. The fraction of sp³-hybridized carbons (Fsp3) is 0.0769. The number of methoxy groups -OCH3 is 2. The molecule has 4 rings (SSSR count). The Kier molecular flexibility index (Phi) is 8.18. The summed E-state index contributed by atoms with van der Waals surface area (Å²) in [5.74, 6) is -0.944. The van der Waals surface area contributed by atoms with Gasteiger partial charge in [0.15, 0.2) is 6.29 Å². The normalized spacial score (nSPS) is 13.2. The molecule has 3 aromatic rings. The largest absolute Gasteiger partial charge is 0.495 e. The first-order chi connectivity index (χ1) is 18.7. The van der Waals surface area contributed by atoms with Crippen LogP contribution in [0.1, 0.15) is 21.5 Å². The van der Waals surface area contributed by atoms with Gasteiger partial charge in [-0.05, 0) is 42.0 Å². The Bertz CT molecular complexity index is 1710. The van der Waals surface area contributed by atoms with E-state index < -0.39 is 22.2 Å². The number of anilines is 2. The third kappa shape index (κ3) is 5.87. The zero-order valence-corrected chi connectivity index (χ0v) is 22.0. The lowest BCUT2D eigenvalue weighted by Gasteiger charge is -2.18. The number of halogens is 1. The molecule has 0 unspecified atom stereocenters. The van der Waals surface area contributed by atoms with Crippen molar-refractivity contribution in [2.45, 2.75) is 0 Å². The molecule has 0 fully saturated rings. The maximum atomic E-state index is 13.5. The van der Waals surface area contributed by atoms with E-state index in [4.69, 9.17) is 21.1 Å². The standard InChI is InChI=1S/C26H19ClN4O7S/c1-37-22-8-7-16(31-39(35)36)11-21(22)29-30-24-17-6-4-3-5-14(17)9-18(25(24)33)26(34)28-20-12-19(27)23(38-2)10-15(20)13-32/h3-13,29H,1-2H3,(H,28,34)/b30-24-. The Balaban J connectivity index is 1.72. The number of ketones is 1.